The van der Waals surface area contributed by atoms with E-state index >= 15 is 0 Å². The average Bonchev–Trinajstić information content (AvgIpc) is 2.81. The highest BCUT2D eigenvalue weighted by atomic mass is 127. The Morgan fingerprint density at radius 2 is 2.18 bits per heavy atom. The molecule has 1 aromatic rings. The smallest absolute Gasteiger partial charge is 0.0594 e. The van der Waals surface area contributed by atoms with Crippen molar-refractivity contribution in [2.24, 2.45) is 0 Å². The van der Waals surface area contributed by atoms with E-state index in [0.717, 1.165) is 32.3 Å². The van der Waals surface area contributed by atoms with Crippen LogP contribution in [0.2, 0.25) is 0 Å². The molecule has 1 aromatic heterocycles. The Labute approximate surface area is 119 Å². The van der Waals surface area contributed by atoms with Crippen LogP contribution in [0, 0.1) is 0 Å². The second-order valence-electron chi connectivity index (χ2n) is 4.73. The Bertz CT molecular complexity index is 376. The van der Waals surface area contributed by atoms with E-state index in [4.69, 9.17) is 4.74 Å². The van der Waals surface area contributed by atoms with Crippen molar-refractivity contribution in [1.82, 2.24) is 8.87 Å². The maximum Gasteiger partial charge on any atom is 0.0594 e. The molecule has 0 spiro atoms. The van der Waals surface area contributed by atoms with Crippen molar-refractivity contribution in [3.05, 3.63) is 23.5 Å². The lowest BCUT2D eigenvalue weighted by Crippen LogP contribution is -2.46. The fourth-order valence-electron chi connectivity index (χ4n) is 2.90. The van der Waals surface area contributed by atoms with Crippen molar-refractivity contribution in [1.29, 1.82) is 0 Å². The molecule has 0 aromatic carbocycles. The van der Waals surface area contributed by atoms with Gasteiger partial charge >= 0.3 is 0 Å². The fraction of sp³-hybridized carbons (Fsp3) is 0.667. The van der Waals surface area contributed by atoms with Crippen LogP contribution >= 0.6 is 30.3 Å². The van der Waals surface area contributed by atoms with Gasteiger partial charge in [0.2, 0.25) is 0 Å². The first kappa shape index (κ1) is 12.3. The van der Waals surface area contributed by atoms with E-state index in [2.05, 4.69) is 42.3 Å². The van der Waals surface area contributed by atoms with Crippen LogP contribution in [-0.2, 0) is 17.6 Å². The van der Waals surface area contributed by atoms with Crippen molar-refractivity contribution in [3.8, 4) is 0 Å². The van der Waals surface area contributed by atoms with E-state index in [1.165, 1.54) is 25.0 Å². The number of ether oxygens (including phenoxy) is 1. The summed E-state index contributed by atoms with van der Waals surface area (Å²) in [4.78, 5) is 2.61. The second kappa shape index (κ2) is 5.50. The third-order valence-corrected chi connectivity index (χ3v) is 5.62. The zero-order chi connectivity index (χ0) is 11.7. The van der Waals surface area contributed by atoms with Gasteiger partial charge in [-0.25, -0.2) is 0 Å². The van der Waals surface area contributed by atoms with E-state index in [0.29, 0.717) is 0 Å². The fourth-order valence-corrected chi connectivity index (χ4v) is 4.39. The van der Waals surface area contributed by atoms with E-state index in [1.54, 1.807) is 14.7 Å². The molecule has 0 bridgehead atoms. The van der Waals surface area contributed by atoms with Crippen LogP contribution in [-0.4, -0.2) is 41.2 Å². The lowest BCUT2D eigenvalue weighted by molar-refractivity contribution is 0.0135. The van der Waals surface area contributed by atoms with Crippen LogP contribution in [0.4, 0.5) is 0 Å². The lowest BCUT2D eigenvalue weighted by Gasteiger charge is -2.36. The predicted molar refractivity (Wildman–Crippen MR) is 79.6 cm³/mol. The summed E-state index contributed by atoms with van der Waals surface area (Å²) in [5.74, 6) is 0. The zero-order valence-corrected chi connectivity index (χ0v) is 12.7. The molecular weight excluding hydrogens is 347 g/mol. The molecule has 3 rings (SSSR count). The van der Waals surface area contributed by atoms with Crippen LogP contribution in [0.1, 0.15) is 17.7 Å². The highest BCUT2D eigenvalue weighted by molar-refractivity contribution is 14.2. The van der Waals surface area contributed by atoms with Crippen LogP contribution in [0.15, 0.2) is 12.3 Å². The Balaban J connectivity index is 1.74. The molecule has 94 valence electrons. The lowest BCUT2D eigenvalue weighted by atomic mass is 9.92. The zero-order valence-electron chi connectivity index (χ0n) is 9.77. The van der Waals surface area contributed by atoms with Crippen molar-refractivity contribution in [2.75, 3.05) is 26.3 Å². The molecule has 1 fully saturated rings. The van der Waals surface area contributed by atoms with Crippen LogP contribution < -0.4 is 0 Å². The molecule has 2 aliphatic rings. The number of nitrogens with zero attached hydrogens (tertiary/aromatic N) is 2. The monoisotopic (exact) mass is 364 g/mol. The maximum absolute atomic E-state index is 5.44. The first-order valence-electron chi connectivity index (χ1n) is 6.18. The molecule has 5 heteroatoms. The minimum Gasteiger partial charge on any atom is -0.379 e. The molecular formula is C12H17IN2OS. The highest BCUT2D eigenvalue weighted by Gasteiger charge is 2.27. The van der Waals surface area contributed by atoms with Gasteiger partial charge in [0.25, 0.3) is 0 Å². The molecule has 0 amide bonds. The molecule has 1 aliphatic carbocycles. The highest BCUT2D eigenvalue weighted by Crippen LogP contribution is 2.30. The summed E-state index contributed by atoms with van der Waals surface area (Å²) in [7, 11) is 1.78. The number of morpholine rings is 1. The first-order chi connectivity index (χ1) is 8.38. The molecule has 0 saturated carbocycles. The maximum atomic E-state index is 5.44. The van der Waals surface area contributed by atoms with E-state index in [-0.39, 0.29) is 0 Å². The molecule has 3 nitrogen and oxygen atoms in total. The summed E-state index contributed by atoms with van der Waals surface area (Å²) in [6.45, 7) is 4.03. The Hall–Kier alpha value is 0.280. The summed E-state index contributed by atoms with van der Waals surface area (Å²) >= 11 is 2.36. The summed E-state index contributed by atoms with van der Waals surface area (Å²) in [5, 5.41) is 0. The quantitative estimate of drug-likeness (QED) is 0.751. The molecule has 1 atom stereocenters. The van der Waals surface area contributed by atoms with Gasteiger partial charge in [-0.1, -0.05) is 0 Å². The number of aromatic nitrogens is 1. The summed E-state index contributed by atoms with van der Waals surface area (Å²) in [6.07, 6.45) is 5.96. The van der Waals surface area contributed by atoms with Gasteiger partial charge in [-0.2, -0.15) is 0 Å². The standard InChI is InChI=1S/C12H17IN2OS/c13-17-15-4-3-10-1-2-11(9-12(10)15)14-5-7-16-8-6-14/h3-4,11H,1-2,5-9H2. The number of aryl methyl sites for hydroxylation is 1. The predicted octanol–water partition coefficient (Wildman–Crippen LogP) is 2.52. The van der Waals surface area contributed by atoms with Gasteiger partial charge < -0.3 is 4.74 Å². The van der Waals surface area contributed by atoms with Gasteiger partial charge in [0, 0.05) is 67.8 Å². The minimum atomic E-state index is 0.726. The van der Waals surface area contributed by atoms with Gasteiger partial charge in [-0.3, -0.25) is 8.87 Å². The van der Waals surface area contributed by atoms with Crippen molar-refractivity contribution in [2.45, 2.75) is 25.3 Å². The molecule has 0 N–H and O–H groups in total. The summed E-state index contributed by atoms with van der Waals surface area (Å²) in [6, 6.07) is 3.01. The second-order valence-corrected chi connectivity index (χ2v) is 6.44. The first-order valence-corrected chi connectivity index (χ1v) is 9.50. The topological polar surface area (TPSA) is 17.4 Å². The van der Waals surface area contributed by atoms with E-state index in [9.17, 15) is 0 Å². The van der Waals surface area contributed by atoms with Gasteiger partial charge in [0.1, 0.15) is 0 Å². The molecule has 1 aliphatic heterocycles. The van der Waals surface area contributed by atoms with Gasteiger partial charge in [-0.15, -0.1) is 0 Å². The molecule has 1 saturated heterocycles. The summed E-state index contributed by atoms with van der Waals surface area (Å²) < 4.78 is 7.76. The normalized spacial score (nSPS) is 25.8. The van der Waals surface area contributed by atoms with Crippen molar-refractivity contribution in [3.63, 3.8) is 0 Å². The Morgan fingerprint density at radius 3 is 2.94 bits per heavy atom. The molecule has 1 unspecified atom stereocenters. The van der Waals surface area contributed by atoms with Gasteiger partial charge in [0.15, 0.2) is 0 Å². The van der Waals surface area contributed by atoms with E-state index in [1.807, 2.05) is 0 Å². The number of hydrogen-bond donors (Lipinski definition) is 0. The average molecular weight is 364 g/mol. The number of rotatable bonds is 2. The number of hydrogen-bond acceptors (Lipinski definition) is 3. The number of halogens is 1. The minimum absolute atomic E-state index is 0.726. The molecule has 2 heterocycles. The van der Waals surface area contributed by atoms with Crippen molar-refractivity contribution < 1.29 is 4.74 Å². The largest absolute Gasteiger partial charge is 0.379 e. The third kappa shape index (κ3) is 2.52. The van der Waals surface area contributed by atoms with Gasteiger partial charge in [-0.05, 0) is 24.5 Å². The third-order valence-electron chi connectivity index (χ3n) is 3.86. The van der Waals surface area contributed by atoms with Gasteiger partial charge in [0.05, 0.1) is 13.2 Å². The molecule has 0 radical (unpaired) electrons. The van der Waals surface area contributed by atoms with Crippen LogP contribution in [0.25, 0.3) is 0 Å². The van der Waals surface area contributed by atoms with Crippen molar-refractivity contribution >= 4 is 30.3 Å². The Morgan fingerprint density at radius 1 is 1.35 bits per heavy atom. The number of fused-ring (bicyclic) bond motifs is 1. The Kier molecular flexibility index (Phi) is 3.99. The van der Waals surface area contributed by atoms with Crippen LogP contribution in [0.5, 0.6) is 0 Å². The van der Waals surface area contributed by atoms with Crippen LogP contribution in [0.3, 0.4) is 0 Å². The summed E-state index contributed by atoms with van der Waals surface area (Å²) in [5.41, 5.74) is 3.09. The SMILES string of the molecule is ISn1ccc2c1CC(N1CCOCC1)CC2. The molecule has 17 heavy (non-hydrogen) atoms. The van der Waals surface area contributed by atoms with E-state index < -0.39 is 0 Å².